The molecule has 2 aromatic heterocycles. The van der Waals surface area contributed by atoms with Crippen LogP contribution in [0.25, 0.3) is 21.8 Å². The minimum Gasteiger partial charge on any atom is -0.396 e. The monoisotopic (exact) mass is 307 g/mol. The van der Waals surface area contributed by atoms with Crippen molar-refractivity contribution < 1.29 is 14.5 Å². The normalized spacial score (nSPS) is 26.7. The van der Waals surface area contributed by atoms with Gasteiger partial charge in [-0.15, -0.1) is 0 Å². The number of aromatic nitrogens is 2. The molecule has 1 aliphatic carbocycles. The number of aromatic amines is 1. The van der Waals surface area contributed by atoms with Gasteiger partial charge >= 0.3 is 0 Å². The number of aliphatic hydroxyl groups is 1. The molecule has 3 heterocycles. The summed E-state index contributed by atoms with van der Waals surface area (Å²) in [6, 6.07) is 10.7. The highest BCUT2D eigenvalue weighted by Gasteiger charge is 2.48. The molecule has 1 saturated carbocycles. The Morgan fingerprint density at radius 2 is 2.04 bits per heavy atom. The molecule has 0 amide bonds. The maximum atomic E-state index is 13.1. The fraction of sp³-hybridized carbons (Fsp3) is 0.368. The predicted octanol–water partition coefficient (Wildman–Crippen LogP) is 2.75. The highest BCUT2D eigenvalue weighted by molar-refractivity contribution is 6.14. The molecule has 23 heavy (non-hydrogen) atoms. The van der Waals surface area contributed by atoms with Gasteiger partial charge in [0.25, 0.3) is 5.69 Å². The summed E-state index contributed by atoms with van der Waals surface area (Å²) in [5.74, 6) is 0.278. The molecule has 2 N–H and O–H groups in total. The van der Waals surface area contributed by atoms with Crippen molar-refractivity contribution in [2.24, 2.45) is 11.8 Å². The molecular weight excluding hydrogens is 288 g/mol. The van der Waals surface area contributed by atoms with Gasteiger partial charge in [-0.3, -0.25) is 4.79 Å². The zero-order valence-electron chi connectivity index (χ0n) is 12.8. The summed E-state index contributed by atoms with van der Waals surface area (Å²) in [6.45, 7) is 0.117. The number of hydrogen-bond acceptors (Lipinski definition) is 2. The number of nitrogens with zero attached hydrogens (tertiary/aromatic N) is 1. The molecular formula is C19H19N2O2+. The number of aliphatic hydroxyl groups excluding tert-OH is 1. The average molecular weight is 307 g/mol. The quantitative estimate of drug-likeness (QED) is 0.679. The molecule has 0 saturated heterocycles. The Kier molecular flexibility index (Phi) is 2.68. The lowest BCUT2D eigenvalue weighted by molar-refractivity contribution is -0.731. The Morgan fingerprint density at radius 1 is 1.17 bits per heavy atom. The van der Waals surface area contributed by atoms with Crippen molar-refractivity contribution in [2.45, 2.75) is 25.3 Å². The van der Waals surface area contributed by atoms with Crippen LogP contribution in [0.5, 0.6) is 0 Å². The Labute approximate surface area is 133 Å². The second-order valence-corrected chi connectivity index (χ2v) is 6.91. The molecule has 5 rings (SSSR count). The van der Waals surface area contributed by atoms with E-state index >= 15 is 0 Å². The Balaban J connectivity index is 1.82. The second-order valence-electron chi connectivity index (χ2n) is 6.91. The van der Waals surface area contributed by atoms with E-state index in [1.807, 2.05) is 12.1 Å². The molecule has 3 atom stereocenters. The summed E-state index contributed by atoms with van der Waals surface area (Å²) in [5.41, 5.74) is 2.82. The Hall–Kier alpha value is -2.20. The van der Waals surface area contributed by atoms with E-state index in [1.165, 1.54) is 0 Å². The topological polar surface area (TPSA) is 57.0 Å². The van der Waals surface area contributed by atoms with Gasteiger partial charge in [0, 0.05) is 47.7 Å². The molecule has 0 radical (unpaired) electrons. The van der Waals surface area contributed by atoms with Crippen molar-refractivity contribution in [2.75, 3.05) is 6.61 Å². The molecule has 116 valence electrons. The standard InChI is InChI=1S/C19H18N2O2/c22-10-11-5-6-12-9-15(11)19(23)18-17-14(7-8-21(12)18)13-3-1-2-4-16(13)20-17/h1-4,7-8,11-12,15,22H,5-6,9-10H2/p+1/t11-,12-,15-/m1/s1. The third-order valence-electron chi connectivity index (χ3n) is 5.81. The van der Waals surface area contributed by atoms with E-state index in [0.717, 1.165) is 46.8 Å². The third-order valence-corrected chi connectivity index (χ3v) is 5.81. The summed E-state index contributed by atoms with van der Waals surface area (Å²) in [4.78, 5) is 16.6. The molecule has 2 bridgehead atoms. The first-order chi connectivity index (χ1) is 11.3. The van der Waals surface area contributed by atoms with Crippen molar-refractivity contribution in [3.63, 3.8) is 0 Å². The molecule has 1 aromatic carbocycles. The lowest BCUT2D eigenvalue weighted by Gasteiger charge is -2.35. The van der Waals surface area contributed by atoms with Crippen LogP contribution in [0.2, 0.25) is 0 Å². The van der Waals surface area contributed by atoms with Crippen LogP contribution in [0.1, 0.15) is 35.8 Å². The third kappa shape index (κ3) is 1.70. The van der Waals surface area contributed by atoms with Crippen LogP contribution in [0.4, 0.5) is 0 Å². The maximum absolute atomic E-state index is 13.1. The van der Waals surface area contributed by atoms with Crippen molar-refractivity contribution in [1.82, 2.24) is 4.98 Å². The van der Waals surface area contributed by atoms with E-state index in [2.05, 4.69) is 33.9 Å². The van der Waals surface area contributed by atoms with Crippen molar-refractivity contribution in [1.29, 1.82) is 0 Å². The van der Waals surface area contributed by atoms with Crippen LogP contribution >= 0.6 is 0 Å². The van der Waals surface area contributed by atoms with Gasteiger partial charge in [0.05, 0.1) is 0 Å². The molecule has 1 aliphatic heterocycles. The molecule has 4 heteroatoms. The molecule has 2 aliphatic rings. The van der Waals surface area contributed by atoms with Crippen molar-refractivity contribution in [3.8, 4) is 0 Å². The predicted molar refractivity (Wildman–Crippen MR) is 87.3 cm³/mol. The van der Waals surface area contributed by atoms with Gasteiger partial charge in [0.1, 0.15) is 5.52 Å². The lowest BCUT2D eigenvalue weighted by atomic mass is 9.71. The maximum Gasteiger partial charge on any atom is 0.273 e. The zero-order valence-corrected chi connectivity index (χ0v) is 12.8. The fourth-order valence-corrected chi connectivity index (χ4v) is 4.62. The van der Waals surface area contributed by atoms with E-state index in [-0.39, 0.29) is 24.2 Å². The number of benzene rings is 1. The van der Waals surface area contributed by atoms with Crippen molar-refractivity contribution >= 4 is 27.6 Å². The van der Waals surface area contributed by atoms with Gasteiger partial charge in [0.15, 0.2) is 12.2 Å². The average Bonchev–Trinajstić information content (AvgIpc) is 2.98. The summed E-state index contributed by atoms with van der Waals surface area (Å²) in [6.07, 6.45) is 4.93. The van der Waals surface area contributed by atoms with E-state index in [1.54, 1.807) is 0 Å². The first kappa shape index (κ1) is 13.3. The fourth-order valence-electron chi connectivity index (χ4n) is 4.62. The van der Waals surface area contributed by atoms with Gasteiger partial charge in [-0.05, 0) is 18.4 Å². The number of hydrogen-bond donors (Lipinski definition) is 2. The Morgan fingerprint density at radius 3 is 2.91 bits per heavy atom. The number of H-pyrrole nitrogens is 1. The van der Waals surface area contributed by atoms with Crippen LogP contribution < -0.4 is 4.57 Å². The number of ketones is 1. The smallest absolute Gasteiger partial charge is 0.273 e. The number of rotatable bonds is 1. The summed E-state index contributed by atoms with van der Waals surface area (Å²) >= 11 is 0. The van der Waals surface area contributed by atoms with E-state index in [0.29, 0.717) is 6.04 Å². The van der Waals surface area contributed by atoms with Crippen molar-refractivity contribution in [3.05, 3.63) is 42.2 Å². The molecule has 0 spiro atoms. The molecule has 1 fully saturated rings. The van der Waals surface area contributed by atoms with E-state index in [9.17, 15) is 9.90 Å². The first-order valence-corrected chi connectivity index (χ1v) is 8.37. The highest BCUT2D eigenvalue weighted by atomic mass is 16.3. The Bertz CT molecular complexity index is 943. The van der Waals surface area contributed by atoms with Crippen LogP contribution in [0.3, 0.4) is 0 Å². The minimum atomic E-state index is -0.0317. The number of pyridine rings is 1. The second kappa shape index (κ2) is 4.65. The summed E-state index contributed by atoms with van der Waals surface area (Å²) < 4.78 is 2.17. The summed E-state index contributed by atoms with van der Waals surface area (Å²) in [5, 5.41) is 11.9. The number of para-hydroxylation sites is 1. The van der Waals surface area contributed by atoms with E-state index < -0.39 is 0 Å². The van der Waals surface area contributed by atoms with Crippen LogP contribution in [-0.4, -0.2) is 22.5 Å². The molecule has 3 aromatic rings. The number of Topliss-reactive ketones (excluding diaryl/α,β-unsaturated/α-hetero) is 1. The first-order valence-electron chi connectivity index (χ1n) is 8.37. The van der Waals surface area contributed by atoms with Crippen LogP contribution in [0.15, 0.2) is 36.5 Å². The number of carbonyl (C=O) groups excluding carboxylic acids is 1. The number of fused-ring (bicyclic) bond motifs is 8. The van der Waals surface area contributed by atoms with Gasteiger partial charge in [-0.2, -0.15) is 4.57 Å². The van der Waals surface area contributed by atoms with Gasteiger partial charge in [0.2, 0.25) is 5.78 Å². The lowest BCUT2D eigenvalue weighted by Crippen LogP contribution is -2.55. The van der Waals surface area contributed by atoms with Crippen LogP contribution in [0, 0.1) is 11.8 Å². The zero-order chi connectivity index (χ0) is 15.6. The molecule has 0 unspecified atom stereocenters. The van der Waals surface area contributed by atoms with Gasteiger partial charge in [-0.25, -0.2) is 0 Å². The number of nitrogens with one attached hydrogen (secondary N) is 1. The van der Waals surface area contributed by atoms with Gasteiger partial charge < -0.3 is 10.1 Å². The minimum absolute atomic E-state index is 0.0317. The summed E-state index contributed by atoms with van der Waals surface area (Å²) in [7, 11) is 0. The SMILES string of the molecule is O=C1c2c3[nH]c4ccccc4c3cc[n+]2[C@@H]2CC[C@H](CO)[C@H]1C2. The van der Waals surface area contributed by atoms with E-state index in [4.69, 9.17) is 0 Å². The largest absolute Gasteiger partial charge is 0.396 e. The van der Waals surface area contributed by atoms with Gasteiger partial charge in [-0.1, -0.05) is 18.2 Å². The number of carbonyl (C=O) groups is 1. The molecule has 4 nitrogen and oxygen atoms in total. The van der Waals surface area contributed by atoms with Crippen LogP contribution in [-0.2, 0) is 0 Å². The highest BCUT2D eigenvalue weighted by Crippen LogP contribution is 2.40.